The van der Waals surface area contributed by atoms with Gasteiger partial charge >= 0.3 is 0 Å². The van der Waals surface area contributed by atoms with Gasteiger partial charge in [0.25, 0.3) is 0 Å². The molecule has 5 heteroatoms. The Labute approximate surface area is 104 Å². The molecule has 0 aromatic carbocycles. The summed E-state index contributed by atoms with van der Waals surface area (Å²) in [5.74, 6) is 1.61. The van der Waals surface area contributed by atoms with Crippen molar-refractivity contribution in [2.24, 2.45) is 0 Å². The molecule has 1 rings (SSSR count). The van der Waals surface area contributed by atoms with Crippen LogP contribution >= 0.6 is 23.1 Å². The van der Waals surface area contributed by atoms with Crippen LogP contribution in [0.25, 0.3) is 0 Å². The fourth-order valence-corrected chi connectivity index (χ4v) is 3.42. The Morgan fingerprint density at radius 3 is 2.62 bits per heavy atom. The van der Waals surface area contributed by atoms with E-state index >= 15 is 0 Å². The predicted molar refractivity (Wildman–Crippen MR) is 70.9 cm³/mol. The van der Waals surface area contributed by atoms with Gasteiger partial charge in [0.15, 0.2) is 11.5 Å². The van der Waals surface area contributed by atoms with Crippen LogP contribution in [0.4, 0.5) is 5.69 Å². The standard InChI is InChI=1S/C11H17NO2S2/c1-5-15-11-9(14-6(2)3)8(12)10(16-11)7(4)13/h6H,5,12H2,1-4H3. The highest BCUT2D eigenvalue weighted by molar-refractivity contribution is 8.01. The van der Waals surface area contributed by atoms with E-state index in [0.717, 1.165) is 9.96 Å². The zero-order valence-corrected chi connectivity index (χ0v) is 11.6. The van der Waals surface area contributed by atoms with Crippen LogP contribution in [0.1, 0.15) is 37.4 Å². The van der Waals surface area contributed by atoms with Gasteiger partial charge in [-0.25, -0.2) is 0 Å². The minimum atomic E-state index is -0.000871. The molecule has 0 radical (unpaired) electrons. The van der Waals surface area contributed by atoms with Crippen molar-refractivity contribution in [1.29, 1.82) is 0 Å². The smallest absolute Gasteiger partial charge is 0.171 e. The third-order valence-electron chi connectivity index (χ3n) is 1.82. The molecule has 0 atom stereocenters. The van der Waals surface area contributed by atoms with Gasteiger partial charge in [-0.2, -0.15) is 0 Å². The summed E-state index contributed by atoms with van der Waals surface area (Å²) in [6.07, 6.45) is 0.0629. The topological polar surface area (TPSA) is 52.3 Å². The molecule has 1 aromatic rings. The quantitative estimate of drug-likeness (QED) is 0.650. The molecule has 0 spiro atoms. The Bertz CT molecular complexity index is 386. The van der Waals surface area contributed by atoms with Gasteiger partial charge < -0.3 is 10.5 Å². The van der Waals surface area contributed by atoms with Gasteiger partial charge in [0.1, 0.15) is 4.21 Å². The van der Waals surface area contributed by atoms with Crippen molar-refractivity contribution in [2.75, 3.05) is 11.5 Å². The Hall–Kier alpha value is -0.680. The summed E-state index contributed by atoms with van der Waals surface area (Å²) < 4.78 is 6.67. The van der Waals surface area contributed by atoms with Crippen molar-refractivity contribution in [2.45, 2.75) is 38.0 Å². The maximum absolute atomic E-state index is 11.4. The van der Waals surface area contributed by atoms with E-state index in [1.54, 1.807) is 11.8 Å². The number of thioether (sulfide) groups is 1. The molecule has 1 heterocycles. The van der Waals surface area contributed by atoms with Crippen LogP contribution in [0.15, 0.2) is 4.21 Å². The number of carbonyl (C=O) groups excluding carboxylic acids is 1. The zero-order valence-electron chi connectivity index (χ0n) is 9.99. The molecule has 0 unspecified atom stereocenters. The number of nitrogen functional groups attached to an aromatic ring is 1. The number of anilines is 1. The first-order valence-corrected chi connectivity index (χ1v) is 7.00. The number of hydrogen-bond donors (Lipinski definition) is 1. The Balaban J connectivity index is 3.14. The van der Waals surface area contributed by atoms with Crippen LogP contribution in [-0.4, -0.2) is 17.6 Å². The number of thiophene rings is 1. The second kappa shape index (κ2) is 5.59. The monoisotopic (exact) mass is 259 g/mol. The van der Waals surface area contributed by atoms with Gasteiger partial charge in [-0.05, 0) is 19.6 Å². The summed E-state index contributed by atoms with van der Waals surface area (Å²) in [5.41, 5.74) is 6.42. The van der Waals surface area contributed by atoms with Crippen molar-refractivity contribution in [3.05, 3.63) is 4.88 Å². The van der Waals surface area contributed by atoms with Gasteiger partial charge in [0, 0.05) is 6.92 Å². The van der Waals surface area contributed by atoms with Crippen LogP contribution in [0, 0.1) is 0 Å². The maximum atomic E-state index is 11.4. The van der Waals surface area contributed by atoms with E-state index in [1.165, 1.54) is 18.3 Å². The van der Waals surface area contributed by atoms with Gasteiger partial charge in [0.05, 0.1) is 16.7 Å². The van der Waals surface area contributed by atoms with Crippen LogP contribution in [0.3, 0.4) is 0 Å². The number of ketones is 1. The second-order valence-corrected chi connectivity index (χ2v) is 6.17. The lowest BCUT2D eigenvalue weighted by Crippen LogP contribution is -2.07. The van der Waals surface area contributed by atoms with Crippen LogP contribution in [0.2, 0.25) is 0 Å². The van der Waals surface area contributed by atoms with Gasteiger partial charge in [-0.15, -0.1) is 23.1 Å². The summed E-state index contributed by atoms with van der Waals surface area (Å²) in [6, 6.07) is 0. The molecular weight excluding hydrogens is 242 g/mol. The van der Waals surface area contributed by atoms with E-state index in [0.29, 0.717) is 16.3 Å². The third-order valence-corrected chi connectivity index (χ3v) is 4.24. The van der Waals surface area contributed by atoms with E-state index in [4.69, 9.17) is 10.5 Å². The highest BCUT2D eigenvalue weighted by Crippen LogP contribution is 2.44. The van der Waals surface area contributed by atoms with E-state index in [-0.39, 0.29) is 11.9 Å². The predicted octanol–water partition coefficient (Wildman–Crippen LogP) is 3.43. The molecule has 0 bridgehead atoms. The van der Waals surface area contributed by atoms with Crippen molar-refractivity contribution < 1.29 is 9.53 Å². The van der Waals surface area contributed by atoms with Crippen molar-refractivity contribution in [3.8, 4) is 5.75 Å². The normalized spacial score (nSPS) is 10.8. The lowest BCUT2D eigenvalue weighted by Gasteiger charge is -2.10. The molecule has 0 aliphatic rings. The minimum absolute atomic E-state index is 0.000871. The molecule has 0 aliphatic carbocycles. The van der Waals surface area contributed by atoms with Crippen molar-refractivity contribution in [1.82, 2.24) is 0 Å². The molecule has 1 aromatic heterocycles. The van der Waals surface area contributed by atoms with Gasteiger partial charge in [0.2, 0.25) is 0 Å². The van der Waals surface area contributed by atoms with E-state index in [2.05, 4.69) is 6.92 Å². The van der Waals surface area contributed by atoms with E-state index in [1.807, 2.05) is 13.8 Å². The molecule has 0 saturated carbocycles. The fourth-order valence-electron chi connectivity index (χ4n) is 1.24. The SMILES string of the molecule is CCSc1sc(C(C)=O)c(N)c1OC(C)C. The number of nitrogens with two attached hydrogens (primary N) is 1. The Kier molecular flexibility index (Phi) is 4.68. The second-order valence-electron chi connectivity index (χ2n) is 3.62. The molecule has 2 N–H and O–H groups in total. The number of ether oxygens (including phenoxy) is 1. The average Bonchev–Trinajstić information content (AvgIpc) is 2.46. The maximum Gasteiger partial charge on any atom is 0.171 e. The number of hydrogen-bond acceptors (Lipinski definition) is 5. The molecule has 0 saturated heterocycles. The number of rotatable bonds is 5. The summed E-state index contributed by atoms with van der Waals surface area (Å²) in [6.45, 7) is 7.49. The molecule has 3 nitrogen and oxygen atoms in total. The summed E-state index contributed by atoms with van der Waals surface area (Å²) in [7, 11) is 0. The Morgan fingerprint density at radius 2 is 2.19 bits per heavy atom. The minimum Gasteiger partial charge on any atom is -0.487 e. The van der Waals surface area contributed by atoms with Crippen LogP contribution in [0.5, 0.6) is 5.75 Å². The zero-order chi connectivity index (χ0) is 12.3. The van der Waals surface area contributed by atoms with Gasteiger partial charge in [-0.1, -0.05) is 6.92 Å². The number of carbonyl (C=O) groups is 1. The summed E-state index contributed by atoms with van der Waals surface area (Å²) in [5, 5.41) is 0. The van der Waals surface area contributed by atoms with Crippen molar-refractivity contribution >= 4 is 34.6 Å². The first-order chi connectivity index (χ1) is 7.47. The first kappa shape index (κ1) is 13.4. The third kappa shape index (κ3) is 2.92. The summed E-state index contributed by atoms with van der Waals surface area (Å²) in [4.78, 5) is 12.0. The van der Waals surface area contributed by atoms with Crippen molar-refractivity contribution in [3.63, 3.8) is 0 Å². The van der Waals surface area contributed by atoms with Crippen LogP contribution in [-0.2, 0) is 0 Å². The molecule has 0 aliphatic heterocycles. The largest absolute Gasteiger partial charge is 0.487 e. The van der Waals surface area contributed by atoms with E-state index < -0.39 is 0 Å². The molecule has 90 valence electrons. The van der Waals surface area contributed by atoms with Crippen LogP contribution < -0.4 is 10.5 Å². The summed E-state index contributed by atoms with van der Waals surface area (Å²) >= 11 is 3.08. The molecule has 16 heavy (non-hydrogen) atoms. The fraction of sp³-hybridized carbons (Fsp3) is 0.545. The average molecular weight is 259 g/mol. The molecule has 0 amide bonds. The van der Waals surface area contributed by atoms with Gasteiger partial charge in [-0.3, -0.25) is 4.79 Å². The lowest BCUT2D eigenvalue weighted by atomic mass is 10.3. The molecule has 0 fully saturated rings. The van der Waals surface area contributed by atoms with E-state index in [9.17, 15) is 4.79 Å². The highest BCUT2D eigenvalue weighted by Gasteiger charge is 2.20. The Morgan fingerprint density at radius 1 is 1.56 bits per heavy atom. The number of Topliss-reactive ketones (excluding diaryl/α,β-unsaturated/α-hetero) is 1. The molecular formula is C11H17NO2S2. The first-order valence-electron chi connectivity index (χ1n) is 5.20. The highest BCUT2D eigenvalue weighted by atomic mass is 32.2. The lowest BCUT2D eigenvalue weighted by molar-refractivity contribution is 0.102.